The molecule has 2 saturated heterocycles. The lowest BCUT2D eigenvalue weighted by molar-refractivity contribution is -0.383. The highest BCUT2D eigenvalue weighted by Crippen LogP contribution is 2.38. The van der Waals surface area contributed by atoms with Crippen LogP contribution >= 0.6 is 0 Å². The molecule has 12 heteroatoms. The maximum atomic E-state index is 12.6. The number of carbonyl (C=O) groups is 1. The van der Waals surface area contributed by atoms with Crippen molar-refractivity contribution in [2.45, 2.75) is 139 Å². The van der Waals surface area contributed by atoms with E-state index in [1.807, 2.05) is 0 Å². The first kappa shape index (κ1) is 33.3. The summed E-state index contributed by atoms with van der Waals surface area (Å²) in [6.45, 7) is -0.164. The molecule has 2 aliphatic heterocycles. The van der Waals surface area contributed by atoms with Crippen molar-refractivity contribution in [3.63, 3.8) is 0 Å². The smallest absolute Gasteiger partial charge is 0.306 e. The van der Waals surface area contributed by atoms with Gasteiger partial charge in [-0.25, -0.2) is 0 Å². The van der Waals surface area contributed by atoms with Gasteiger partial charge in [-0.2, -0.15) is 0 Å². The van der Waals surface area contributed by atoms with Gasteiger partial charge >= 0.3 is 5.97 Å². The van der Waals surface area contributed by atoms with E-state index in [0.717, 1.165) is 19.3 Å². The molecule has 0 radical (unpaired) electrons. The zero-order chi connectivity index (χ0) is 28.1. The van der Waals surface area contributed by atoms with Crippen molar-refractivity contribution >= 4 is 5.97 Å². The lowest BCUT2D eigenvalue weighted by Gasteiger charge is -2.43. The van der Waals surface area contributed by atoms with Crippen LogP contribution in [0.1, 0.15) is 84.0 Å². The Morgan fingerprint density at radius 1 is 0.737 bits per heavy atom. The van der Waals surface area contributed by atoms with Crippen LogP contribution in [0.15, 0.2) is 0 Å². The van der Waals surface area contributed by atoms with Crippen molar-refractivity contribution in [2.24, 2.45) is 0 Å². The third-order valence-electron chi connectivity index (χ3n) is 7.28. The molecule has 12 nitrogen and oxygen atoms in total. The quantitative estimate of drug-likeness (QED) is 0.0879. The number of hydrogen-bond donors (Lipinski definition) is 7. The molecule has 2 heterocycles. The summed E-state index contributed by atoms with van der Waals surface area (Å²) in [7, 11) is 0. The first-order valence-corrected chi connectivity index (χ1v) is 14.0. The van der Waals surface area contributed by atoms with Crippen molar-refractivity contribution in [1.29, 1.82) is 0 Å². The number of aliphatic hydroxyl groups excluding tert-OH is 7. The van der Waals surface area contributed by atoms with Gasteiger partial charge in [0.05, 0.1) is 13.2 Å². The van der Waals surface area contributed by atoms with E-state index in [1.54, 1.807) is 0 Å². The molecule has 0 aromatic heterocycles. The van der Waals surface area contributed by atoms with Gasteiger partial charge in [-0.05, 0) is 6.42 Å². The van der Waals surface area contributed by atoms with Crippen LogP contribution in [0.2, 0.25) is 0 Å². The van der Waals surface area contributed by atoms with Crippen LogP contribution in [0.25, 0.3) is 0 Å². The van der Waals surface area contributed by atoms with Gasteiger partial charge in [0.1, 0.15) is 43.2 Å². The van der Waals surface area contributed by atoms with Crippen molar-refractivity contribution in [3.05, 3.63) is 0 Å². The van der Waals surface area contributed by atoms with E-state index in [4.69, 9.17) is 18.9 Å². The molecular formula is C26H48O12. The highest BCUT2D eigenvalue weighted by atomic mass is 16.8. The summed E-state index contributed by atoms with van der Waals surface area (Å²) < 4.78 is 21.9. The van der Waals surface area contributed by atoms with Crippen molar-refractivity contribution in [3.8, 4) is 0 Å². The van der Waals surface area contributed by atoms with E-state index in [9.17, 15) is 40.5 Å². The summed E-state index contributed by atoms with van der Waals surface area (Å²) in [4.78, 5) is 12.6. The summed E-state index contributed by atoms with van der Waals surface area (Å²) in [6.07, 6.45) is -0.389. The number of carbonyl (C=O) groups excluding carboxylic acids is 1. The van der Waals surface area contributed by atoms with Gasteiger partial charge in [0, 0.05) is 6.42 Å². The Kier molecular flexibility index (Phi) is 14.9. The summed E-state index contributed by atoms with van der Waals surface area (Å²) in [5.41, 5.74) is 0. The van der Waals surface area contributed by atoms with Crippen LogP contribution in [-0.4, -0.2) is 116 Å². The standard InChI is InChI=1S/C26H48O12/c1-2-3-4-5-6-7-8-9-10-11-12-13-19(30)36-24-21(32)18(15-28)37-26(24,16-29)38-25-23(34)22(33)20(31)17(14-27)35-25/h17-18,20-25,27-29,31-34H,2-16H2,1H3. The second-order valence-electron chi connectivity index (χ2n) is 10.3. The van der Waals surface area contributed by atoms with Crippen molar-refractivity contribution in [1.82, 2.24) is 0 Å². The van der Waals surface area contributed by atoms with E-state index < -0.39 is 80.6 Å². The third kappa shape index (κ3) is 9.05. The highest BCUT2D eigenvalue weighted by Gasteiger charge is 2.60. The largest absolute Gasteiger partial charge is 0.454 e. The lowest BCUT2D eigenvalue weighted by Crippen LogP contribution is -2.63. The zero-order valence-electron chi connectivity index (χ0n) is 22.4. The Labute approximate surface area is 224 Å². The maximum absolute atomic E-state index is 12.6. The van der Waals surface area contributed by atoms with E-state index >= 15 is 0 Å². The molecule has 0 saturated carbocycles. The molecule has 2 fully saturated rings. The summed E-state index contributed by atoms with van der Waals surface area (Å²) >= 11 is 0. The Balaban J connectivity index is 1.87. The minimum atomic E-state index is -2.24. The molecule has 0 aromatic carbocycles. The van der Waals surface area contributed by atoms with Crippen molar-refractivity contribution in [2.75, 3.05) is 19.8 Å². The topological polar surface area (TPSA) is 196 Å². The third-order valence-corrected chi connectivity index (χ3v) is 7.28. The van der Waals surface area contributed by atoms with Crippen molar-refractivity contribution < 1.29 is 59.5 Å². The molecule has 2 rings (SSSR count). The normalized spacial score (nSPS) is 35.5. The highest BCUT2D eigenvalue weighted by molar-refractivity contribution is 5.69. The number of unbranched alkanes of at least 4 members (excludes halogenated alkanes) is 10. The van der Waals surface area contributed by atoms with Gasteiger partial charge in [0.2, 0.25) is 5.79 Å². The van der Waals surface area contributed by atoms with Crippen LogP contribution < -0.4 is 0 Å². The number of aliphatic hydroxyl groups is 7. The Bertz CT molecular complexity index is 664. The Morgan fingerprint density at radius 3 is 1.82 bits per heavy atom. The summed E-state index contributed by atoms with van der Waals surface area (Å²) in [5.74, 6) is -2.91. The van der Waals surface area contributed by atoms with Crippen LogP contribution in [0.3, 0.4) is 0 Å². The Morgan fingerprint density at radius 2 is 1.29 bits per heavy atom. The minimum Gasteiger partial charge on any atom is -0.454 e. The molecule has 0 aliphatic carbocycles. The number of hydrogen-bond acceptors (Lipinski definition) is 12. The van der Waals surface area contributed by atoms with Gasteiger partial charge in [-0.15, -0.1) is 0 Å². The van der Waals surface area contributed by atoms with Crippen LogP contribution in [0, 0.1) is 0 Å². The Hall–Kier alpha value is -0.930. The second-order valence-corrected chi connectivity index (χ2v) is 10.3. The molecule has 0 bridgehead atoms. The molecule has 9 atom stereocenters. The number of rotatable bonds is 18. The average molecular weight is 553 g/mol. The fraction of sp³-hybridized carbons (Fsp3) is 0.962. The van der Waals surface area contributed by atoms with E-state index in [-0.39, 0.29) is 6.42 Å². The molecule has 0 spiro atoms. The summed E-state index contributed by atoms with van der Waals surface area (Å²) in [6, 6.07) is 0. The minimum absolute atomic E-state index is 0.0611. The van der Waals surface area contributed by atoms with Gasteiger partial charge in [-0.3, -0.25) is 4.79 Å². The second kappa shape index (κ2) is 17.0. The van der Waals surface area contributed by atoms with E-state index in [1.165, 1.54) is 44.9 Å². The number of esters is 1. The van der Waals surface area contributed by atoms with Gasteiger partial charge in [-0.1, -0.05) is 71.1 Å². The van der Waals surface area contributed by atoms with Crippen LogP contribution in [0.4, 0.5) is 0 Å². The van der Waals surface area contributed by atoms with Gasteiger partial charge in [0.25, 0.3) is 0 Å². The fourth-order valence-corrected chi connectivity index (χ4v) is 4.91. The van der Waals surface area contributed by atoms with Crippen LogP contribution in [0.5, 0.6) is 0 Å². The molecule has 2 aliphatic rings. The predicted molar refractivity (Wildman–Crippen MR) is 134 cm³/mol. The van der Waals surface area contributed by atoms with Crippen LogP contribution in [-0.2, 0) is 23.7 Å². The zero-order valence-corrected chi connectivity index (χ0v) is 22.4. The average Bonchev–Trinajstić information content (AvgIpc) is 3.18. The molecule has 0 aromatic rings. The molecule has 7 N–H and O–H groups in total. The summed E-state index contributed by atoms with van der Waals surface area (Å²) in [5, 5.41) is 70.1. The monoisotopic (exact) mass is 552 g/mol. The molecule has 0 amide bonds. The fourth-order valence-electron chi connectivity index (χ4n) is 4.91. The lowest BCUT2D eigenvalue weighted by atomic mass is 9.99. The van der Waals surface area contributed by atoms with Gasteiger partial charge in [0.15, 0.2) is 12.4 Å². The molecule has 38 heavy (non-hydrogen) atoms. The molecule has 224 valence electrons. The first-order chi connectivity index (χ1) is 18.2. The van der Waals surface area contributed by atoms with E-state index in [0.29, 0.717) is 6.42 Å². The van der Waals surface area contributed by atoms with Gasteiger partial charge < -0.3 is 54.7 Å². The first-order valence-electron chi connectivity index (χ1n) is 14.0. The predicted octanol–water partition coefficient (Wildman–Crippen LogP) is -0.144. The molecule has 9 unspecified atom stereocenters. The number of ether oxygens (including phenoxy) is 4. The molecular weight excluding hydrogens is 504 g/mol. The SMILES string of the molecule is CCCCCCCCCCCCCC(=O)OC1C(O)C(CO)OC1(CO)OC1OC(CO)C(O)C(O)C1O. The van der Waals surface area contributed by atoms with E-state index in [2.05, 4.69) is 6.92 Å². The maximum Gasteiger partial charge on any atom is 0.306 e.